The number of amides is 1. The Bertz CT molecular complexity index is 1050. The van der Waals surface area contributed by atoms with E-state index in [4.69, 9.17) is 4.74 Å². The van der Waals surface area contributed by atoms with E-state index in [0.717, 1.165) is 19.3 Å². The van der Waals surface area contributed by atoms with Crippen molar-refractivity contribution >= 4 is 17.7 Å². The van der Waals surface area contributed by atoms with Crippen LogP contribution >= 0.6 is 0 Å². The molecule has 156 valence electrons. The molecule has 4 atom stereocenters. The molecule has 0 saturated carbocycles. The van der Waals surface area contributed by atoms with Crippen LogP contribution in [0.15, 0.2) is 29.1 Å². The van der Waals surface area contributed by atoms with Crippen LogP contribution in [0.5, 0.6) is 5.75 Å². The summed E-state index contributed by atoms with van der Waals surface area (Å²) >= 11 is 0. The molecule has 1 fully saturated rings. The number of aromatic amines is 1. The van der Waals surface area contributed by atoms with E-state index in [1.54, 1.807) is 31.4 Å². The molecule has 4 unspecified atom stereocenters. The highest BCUT2D eigenvalue weighted by Crippen LogP contribution is 2.39. The molecule has 2 aliphatic heterocycles. The summed E-state index contributed by atoms with van der Waals surface area (Å²) in [6, 6.07) is 9.58. The van der Waals surface area contributed by atoms with Crippen LogP contribution in [0.1, 0.15) is 50.2 Å². The molecule has 0 radical (unpaired) electrons. The van der Waals surface area contributed by atoms with Crippen molar-refractivity contribution in [3.8, 4) is 11.8 Å². The van der Waals surface area contributed by atoms with Gasteiger partial charge in [0.1, 0.15) is 17.5 Å². The molecule has 1 amide bonds. The van der Waals surface area contributed by atoms with Crippen LogP contribution in [0, 0.1) is 17.2 Å². The van der Waals surface area contributed by atoms with E-state index in [1.807, 2.05) is 0 Å². The Balaban J connectivity index is 1.84. The van der Waals surface area contributed by atoms with Gasteiger partial charge in [-0.05, 0) is 50.8 Å². The Hall–Kier alpha value is -3.34. The van der Waals surface area contributed by atoms with Crippen LogP contribution in [0.25, 0.3) is 0 Å². The summed E-state index contributed by atoms with van der Waals surface area (Å²) in [6.45, 7) is 4.22. The summed E-state index contributed by atoms with van der Waals surface area (Å²) in [5, 5.41) is 12.4. The van der Waals surface area contributed by atoms with E-state index in [9.17, 15) is 14.9 Å². The quantitative estimate of drug-likeness (QED) is 0.809. The number of carbonyl (C=O) groups excluding carboxylic acids is 1. The highest BCUT2D eigenvalue weighted by atomic mass is 16.5. The zero-order valence-electron chi connectivity index (χ0n) is 17.3. The van der Waals surface area contributed by atoms with Gasteiger partial charge in [0.15, 0.2) is 0 Å². The van der Waals surface area contributed by atoms with Gasteiger partial charge in [-0.1, -0.05) is 12.1 Å². The summed E-state index contributed by atoms with van der Waals surface area (Å²) in [5.41, 5.74) is 0.673. The van der Waals surface area contributed by atoms with Gasteiger partial charge < -0.3 is 15.0 Å². The van der Waals surface area contributed by atoms with Gasteiger partial charge in [-0.25, -0.2) is 0 Å². The summed E-state index contributed by atoms with van der Waals surface area (Å²) < 4.78 is 5.20. The van der Waals surface area contributed by atoms with Crippen LogP contribution in [0.4, 0.5) is 11.8 Å². The van der Waals surface area contributed by atoms with Gasteiger partial charge in [0.25, 0.3) is 5.56 Å². The van der Waals surface area contributed by atoms with Crippen LogP contribution in [0.2, 0.25) is 0 Å². The molecule has 1 aromatic heterocycles. The number of nitrogens with zero attached hydrogens (tertiary/aromatic N) is 3. The maximum atomic E-state index is 13.2. The lowest BCUT2D eigenvalue weighted by Gasteiger charge is -2.40. The van der Waals surface area contributed by atoms with Gasteiger partial charge in [0.2, 0.25) is 11.9 Å². The molecule has 2 aromatic rings. The molecule has 0 bridgehead atoms. The number of hydrogen-bond acceptors (Lipinski definition) is 6. The van der Waals surface area contributed by atoms with Crippen LogP contribution in [-0.4, -0.2) is 35.1 Å². The van der Waals surface area contributed by atoms with Crippen LogP contribution in [-0.2, 0) is 4.79 Å². The number of hydrogen-bond donors (Lipinski definition) is 2. The van der Waals surface area contributed by atoms with E-state index in [0.29, 0.717) is 22.8 Å². The first-order chi connectivity index (χ1) is 14.4. The summed E-state index contributed by atoms with van der Waals surface area (Å²) in [7, 11) is 1.56. The topological polar surface area (TPSA) is 111 Å². The molecule has 8 heteroatoms. The van der Waals surface area contributed by atoms with Crippen molar-refractivity contribution in [2.75, 3.05) is 17.3 Å². The molecule has 4 rings (SSSR count). The fourth-order valence-electron chi connectivity index (χ4n) is 4.63. The number of nitriles is 1. The Morgan fingerprint density at radius 2 is 1.83 bits per heavy atom. The average molecular weight is 407 g/mol. The third-order valence-corrected chi connectivity index (χ3v) is 6.16. The summed E-state index contributed by atoms with van der Waals surface area (Å²) in [5.74, 6) is -0.824. The second-order valence-corrected chi connectivity index (χ2v) is 8.03. The lowest BCUT2D eigenvalue weighted by molar-refractivity contribution is -0.119. The van der Waals surface area contributed by atoms with Crippen molar-refractivity contribution < 1.29 is 9.53 Å². The Morgan fingerprint density at radius 1 is 1.17 bits per heavy atom. The number of rotatable bonds is 3. The number of aromatic nitrogens is 2. The van der Waals surface area contributed by atoms with Crippen molar-refractivity contribution in [1.29, 1.82) is 5.26 Å². The number of methoxy groups -OCH3 is 1. The van der Waals surface area contributed by atoms with Crippen LogP contribution < -0.4 is 20.5 Å². The first-order valence-electron chi connectivity index (χ1n) is 10.2. The second kappa shape index (κ2) is 7.82. The lowest BCUT2D eigenvalue weighted by atomic mass is 9.79. The first-order valence-corrected chi connectivity index (χ1v) is 10.2. The Kier molecular flexibility index (Phi) is 5.20. The summed E-state index contributed by atoms with van der Waals surface area (Å²) in [6.07, 6.45) is 3.17. The highest BCUT2D eigenvalue weighted by molar-refractivity contribution is 5.98. The predicted molar refractivity (Wildman–Crippen MR) is 113 cm³/mol. The second-order valence-electron chi connectivity index (χ2n) is 8.03. The number of H-pyrrole nitrogens is 1. The van der Waals surface area contributed by atoms with E-state index in [1.165, 1.54) is 0 Å². The first kappa shape index (κ1) is 20.0. The molecule has 2 N–H and O–H groups in total. The summed E-state index contributed by atoms with van der Waals surface area (Å²) in [4.78, 5) is 35.6. The fourth-order valence-corrected chi connectivity index (χ4v) is 4.63. The Labute approximate surface area is 174 Å². The molecule has 2 aliphatic rings. The molecule has 1 aromatic carbocycles. The van der Waals surface area contributed by atoms with Gasteiger partial charge in [0, 0.05) is 18.0 Å². The predicted octanol–water partition coefficient (Wildman–Crippen LogP) is 2.77. The third-order valence-electron chi connectivity index (χ3n) is 6.16. The van der Waals surface area contributed by atoms with Gasteiger partial charge in [0.05, 0.1) is 18.7 Å². The zero-order valence-corrected chi connectivity index (χ0v) is 17.3. The zero-order chi connectivity index (χ0) is 21.4. The van der Waals surface area contributed by atoms with Crippen molar-refractivity contribution in [3.05, 3.63) is 45.7 Å². The maximum Gasteiger partial charge on any atom is 0.258 e. The van der Waals surface area contributed by atoms with Gasteiger partial charge in [-0.2, -0.15) is 10.2 Å². The number of ether oxygens (including phenoxy) is 1. The molecule has 1 saturated heterocycles. The Morgan fingerprint density at radius 3 is 2.43 bits per heavy atom. The number of piperidine rings is 1. The molecular formula is C22H25N5O3. The highest BCUT2D eigenvalue weighted by Gasteiger charge is 2.41. The van der Waals surface area contributed by atoms with Crippen molar-refractivity contribution in [2.24, 2.45) is 5.92 Å². The number of nitrogens with one attached hydrogen (secondary N) is 2. The maximum absolute atomic E-state index is 13.2. The number of anilines is 2. The molecule has 8 nitrogen and oxygen atoms in total. The van der Waals surface area contributed by atoms with Crippen molar-refractivity contribution in [1.82, 2.24) is 9.97 Å². The van der Waals surface area contributed by atoms with E-state index < -0.39 is 17.7 Å². The smallest absolute Gasteiger partial charge is 0.258 e. The normalized spacial score (nSPS) is 25.8. The van der Waals surface area contributed by atoms with E-state index >= 15 is 0 Å². The molecule has 30 heavy (non-hydrogen) atoms. The third kappa shape index (κ3) is 3.30. The molecule has 3 heterocycles. The molecule has 0 spiro atoms. The SMILES string of the molecule is COc1ccc(C2c3c(nc(N4C(C)CCCC4C)[nH]c3=O)NC(=O)C2C#N)cc1. The molecule has 0 aliphatic carbocycles. The minimum absolute atomic E-state index is 0.232. The van der Waals surface area contributed by atoms with Crippen LogP contribution in [0.3, 0.4) is 0 Å². The number of carbonyl (C=O) groups is 1. The largest absolute Gasteiger partial charge is 0.497 e. The standard InChI is InChI=1S/C22H25N5O3/c1-12-5-4-6-13(2)27(12)22-25-19-18(21(29)26-22)17(16(11-23)20(28)24-19)14-7-9-15(30-3)10-8-14/h7-10,12-13,16-17H,4-6H2,1-3H3,(H2,24,25,26,28,29). The van der Waals surface area contributed by atoms with Gasteiger partial charge in [-0.15, -0.1) is 0 Å². The fraction of sp³-hybridized carbons (Fsp3) is 0.455. The minimum Gasteiger partial charge on any atom is -0.497 e. The number of fused-ring (bicyclic) bond motifs is 1. The van der Waals surface area contributed by atoms with Crippen molar-refractivity contribution in [2.45, 2.75) is 51.1 Å². The molecular weight excluding hydrogens is 382 g/mol. The lowest BCUT2D eigenvalue weighted by Crippen LogP contribution is -2.46. The monoisotopic (exact) mass is 407 g/mol. The van der Waals surface area contributed by atoms with Crippen molar-refractivity contribution in [3.63, 3.8) is 0 Å². The minimum atomic E-state index is -1.02. The number of benzene rings is 1. The van der Waals surface area contributed by atoms with Gasteiger partial charge >= 0.3 is 0 Å². The van der Waals surface area contributed by atoms with E-state index in [2.05, 4.69) is 40.1 Å². The van der Waals surface area contributed by atoms with E-state index in [-0.39, 0.29) is 23.5 Å². The van der Waals surface area contributed by atoms with Gasteiger partial charge in [-0.3, -0.25) is 14.6 Å². The average Bonchev–Trinajstić information content (AvgIpc) is 2.72.